The van der Waals surface area contributed by atoms with Gasteiger partial charge in [0.05, 0.1) is 10.6 Å². The molecule has 1 atom stereocenters. The van der Waals surface area contributed by atoms with E-state index in [-0.39, 0.29) is 22.7 Å². The van der Waals surface area contributed by atoms with Crippen LogP contribution in [0.3, 0.4) is 0 Å². The van der Waals surface area contributed by atoms with E-state index in [9.17, 15) is 26.8 Å². The average Bonchev–Trinajstić information content (AvgIpc) is 2.86. The topological polar surface area (TPSA) is 86.8 Å². The molecular formula is C25H25F2N3O4S. The number of rotatable bonds is 9. The number of benzene rings is 3. The summed E-state index contributed by atoms with van der Waals surface area (Å²) in [5.41, 5.74) is 0.220. The molecule has 0 heterocycles. The second kappa shape index (κ2) is 11.1. The number of halogens is 2. The fourth-order valence-electron chi connectivity index (χ4n) is 3.46. The zero-order valence-corrected chi connectivity index (χ0v) is 20.0. The van der Waals surface area contributed by atoms with Crippen LogP contribution in [0.25, 0.3) is 0 Å². The van der Waals surface area contributed by atoms with Gasteiger partial charge in [-0.2, -0.15) is 0 Å². The lowest BCUT2D eigenvalue weighted by Crippen LogP contribution is -2.50. The summed E-state index contributed by atoms with van der Waals surface area (Å²) >= 11 is 0. The van der Waals surface area contributed by atoms with Crippen molar-refractivity contribution in [2.24, 2.45) is 0 Å². The molecule has 10 heteroatoms. The number of nitrogens with zero attached hydrogens (tertiary/aromatic N) is 2. The van der Waals surface area contributed by atoms with Gasteiger partial charge >= 0.3 is 0 Å². The molecule has 2 amide bonds. The van der Waals surface area contributed by atoms with Gasteiger partial charge in [0.2, 0.25) is 11.8 Å². The largest absolute Gasteiger partial charge is 0.357 e. The molecule has 0 bridgehead atoms. The van der Waals surface area contributed by atoms with Gasteiger partial charge in [0.15, 0.2) is 0 Å². The van der Waals surface area contributed by atoms with Crippen molar-refractivity contribution >= 4 is 27.5 Å². The zero-order chi connectivity index (χ0) is 25.6. The van der Waals surface area contributed by atoms with Gasteiger partial charge in [0.25, 0.3) is 10.0 Å². The normalized spacial score (nSPS) is 12.0. The predicted octanol–water partition coefficient (Wildman–Crippen LogP) is 3.32. The van der Waals surface area contributed by atoms with Gasteiger partial charge < -0.3 is 10.2 Å². The minimum Gasteiger partial charge on any atom is -0.357 e. The third-order valence-electron chi connectivity index (χ3n) is 5.44. The molecule has 0 saturated heterocycles. The Bertz CT molecular complexity index is 1290. The standard InChI is InChI=1S/C25H25F2N3O4S/c1-18(25(32)28-2)29(16-19-8-6-7-11-23(19)27)24(31)17-30(21-14-12-20(26)13-15-21)35(33,34)22-9-4-3-5-10-22/h3-15,18H,16-17H2,1-2H3,(H,28,32). The number of hydrogen-bond acceptors (Lipinski definition) is 4. The Labute approximate surface area is 203 Å². The van der Waals surface area contributed by atoms with Gasteiger partial charge in [-0.15, -0.1) is 0 Å². The van der Waals surface area contributed by atoms with Crippen molar-refractivity contribution in [3.05, 3.63) is 96.1 Å². The van der Waals surface area contributed by atoms with E-state index >= 15 is 0 Å². The summed E-state index contributed by atoms with van der Waals surface area (Å²) in [5.74, 6) is -2.39. The minimum atomic E-state index is -4.24. The number of likely N-dealkylation sites (N-methyl/N-ethyl adjacent to an activating group) is 1. The highest BCUT2D eigenvalue weighted by molar-refractivity contribution is 7.92. The monoisotopic (exact) mass is 501 g/mol. The molecule has 0 aliphatic rings. The molecule has 0 aliphatic carbocycles. The van der Waals surface area contributed by atoms with E-state index in [2.05, 4.69) is 5.32 Å². The van der Waals surface area contributed by atoms with Crippen molar-refractivity contribution in [3.8, 4) is 0 Å². The minimum absolute atomic E-state index is 0.0574. The van der Waals surface area contributed by atoms with Crippen molar-refractivity contribution < 1.29 is 26.8 Å². The van der Waals surface area contributed by atoms with Crippen molar-refractivity contribution in [3.63, 3.8) is 0 Å². The maximum atomic E-state index is 14.4. The van der Waals surface area contributed by atoms with E-state index < -0.39 is 46.1 Å². The van der Waals surface area contributed by atoms with Crippen molar-refractivity contribution in [1.29, 1.82) is 0 Å². The molecule has 1 N–H and O–H groups in total. The third kappa shape index (κ3) is 6.02. The van der Waals surface area contributed by atoms with E-state index in [1.54, 1.807) is 12.1 Å². The van der Waals surface area contributed by atoms with E-state index in [1.807, 2.05) is 0 Å². The molecule has 0 fully saturated rings. The van der Waals surface area contributed by atoms with Gasteiger partial charge in [0.1, 0.15) is 24.2 Å². The molecule has 7 nitrogen and oxygen atoms in total. The van der Waals surface area contributed by atoms with Crippen LogP contribution in [-0.4, -0.2) is 44.8 Å². The molecule has 0 radical (unpaired) electrons. The van der Waals surface area contributed by atoms with Crippen LogP contribution in [0.5, 0.6) is 0 Å². The first kappa shape index (κ1) is 25.8. The van der Waals surface area contributed by atoms with Crippen LogP contribution < -0.4 is 9.62 Å². The number of sulfonamides is 1. The van der Waals surface area contributed by atoms with Crippen LogP contribution in [0.2, 0.25) is 0 Å². The summed E-state index contributed by atoms with van der Waals surface area (Å²) in [6.07, 6.45) is 0. The summed E-state index contributed by atoms with van der Waals surface area (Å²) in [4.78, 5) is 26.9. The van der Waals surface area contributed by atoms with Crippen LogP contribution in [0.15, 0.2) is 83.8 Å². The molecule has 0 aromatic heterocycles. The van der Waals surface area contributed by atoms with Gasteiger partial charge in [-0.05, 0) is 49.4 Å². The number of carbonyl (C=O) groups is 2. The Kier molecular flexibility index (Phi) is 8.18. The molecule has 1 unspecified atom stereocenters. The second-order valence-electron chi connectivity index (χ2n) is 7.70. The Morgan fingerprint density at radius 3 is 2.11 bits per heavy atom. The summed E-state index contributed by atoms with van der Waals surface area (Å²) in [6, 6.07) is 16.9. The lowest BCUT2D eigenvalue weighted by atomic mass is 10.1. The Balaban J connectivity index is 2.02. The second-order valence-corrected chi connectivity index (χ2v) is 9.57. The van der Waals surface area contributed by atoms with E-state index in [0.29, 0.717) is 0 Å². The molecule has 0 spiro atoms. The van der Waals surface area contributed by atoms with Crippen LogP contribution in [0.1, 0.15) is 12.5 Å². The van der Waals surface area contributed by atoms with Gasteiger partial charge in [-0.1, -0.05) is 36.4 Å². The number of hydrogen-bond donors (Lipinski definition) is 1. The number of amides is 2. The first-order valence-electron chi connectivity index (χ1n) is 10.7. The van der Waals surface area contributed by atoms with E-state index in [4.69, 9.17) is 0 Å². The fourth-order valence-corrected chi connectivity index (χ4v) is 4.89. The van der Waals surface area contributed by atoms with Gasteiger partial charge in [0, 0.05) is 19.2 Å². The molecule has 0 aliphatic heterocycles. The number of nitrogens with one attached hydrogen (secondary N) is 1. The first-order valence-corrected chi connectivity index (χ1v) is 12.2. The molecular weight excluding hydrogens is 476 g/mol. The summed E-state index contributed by atoms with van der Waals surface area (Å²) < 4.78 is 55.7. The molecule has 0 saturated carbocycles. The van der Waals surface area contributed by atoms with Crippen molar-refractivity contribution in [2.75, 3.05) is 17.9 Å². The van der Waals surface area contributed by atoms with E-state index in [1.165, 1.54) is 68.6 Å². The molecule has 35 heavy (non-hydrogen) atoms. The average molecular weight is 502 g/mol. The van der Waals surface area contributed by atoms with Crippen molar-refractivity contribution in [1.82, 2.24) is 10.2 Å². The quantitative estimate of drug-likeness (QED) is 0.487. The predicted molar refractivity (Wildman–Crippen MR) is 128 cm³/mol. The highest BCUT2D eigenvalue weighted by Crippen LogP contribution is 2.25. The summed E-state index contributed by atoms with van der Waals surface area (Å²) in [5, 5.41) is 2.45. The molecule has 3 aromatic rings. The Morgan fingerprint density at radius 2 is 1.51 bits per heavy atom. The Morgan fingerprint density at radius 1 is 0.914 bits per heavy atom. The summed E-state index contributed by atoms with van der Waals surface area (Å²) in [6.45, 7) is 0.507. The van der Waals surface area contributed by atoms with Gasteiger partial charge in [-0.25, -0.2) is 17.2 Å². The van der Waals surface area contributed by atoms with E-state index in [0.717, 1.165) is 21.3 Å². The van der Waals surface area contributed by atoms with Crippen LogP contribution in [0.4, 0.5) is 14.5 Å². The lowest BCUT2D eigenvalue weighted by molar-refractivity contribution is -0.139. The SMILES string of the molecule is CNC(=O)C(C)N(Cc1ccccc1F)C(=O)CN(c1ccc(F)cc1)S(=O)(=O)c1ccccc1. The van der Waals surface area contributed by atoms with Crippen LogP contribution in [0, 0.1) is 11.6 Å². The lowest BCUT2D eigenvalue weighted by Gasteiger charge is -2.31. The summed E-state index contributed by atoms with van der Waals surface area (Å²) in [7, 11) is -2.84. The molecule has 184 valence electrons. The van der Waals surface area contributed by atoms with Gasteiger partial charge in [-0.3, -0.25) is 13.9 Å². The van der Waals surface area contributed by atoms with Crippen LogP contribution in [-0.2, 0) is 26.2 Å². The first-order chi connectivity index (χ1) is 16.6. The highest BCUT2D eigenvalue weighted by Gasteiger charge is 2.32. The maximum absolute atomic E-state index is 14.4. The number of anilines is 1. The Hall–Kier alpha value is -3.79. The molecule has 3 aromatic carbocycles. The van der Waals surface area contributed by atoms with Crippen LogP contribution >= 0.6 is 0 Å². The fraction of sp³-hybridized carbons (Fsp3) is 0.200. The third-order valence-corrected chi connectivity index (χ3v) is 7.22. The number of carbonyl (C=O) groups excluding carboxylic acids is 2. The zero-order valence-electron chi connectivity index (χ0n) is 19.2. The smallest absolute Gasteiger partial charge is 0.264 e. The maximum Gasteiger partial charge on any atom is 0.264 e. The molecule has 3 rings (SSSR count). The highest BCUT2D eigenvalue weighted by atomic mass is 32.2. The van der Waals surface area contributed by atoms with Crippen molar-refractivity contribution in [2.45, 2.75) is 24.4 Å².